The van der Waals surface area contributed by atoms with Gasteiger partial charge in [0.1, 0.15) is 0 Å². The van der Waals surface area contributed by atoms with Gasteiger partial charge in [-0.15, -0.1) is 11.3 Å². The summed E-state index contributed by atoms with van der Waals surface area (Å²) < 4.78 is 18.9. The van der Waals surface area contributed by atoms with Gasteiger partial charge in [-0.05, 0) is 41.1 Å². The molecule has 0 aliphatic heterocycles. The molecular formula is C21H20FNO2S. The summed E-state index contributed by atoms with van der Waals surface area (Å²) in [6.45, 7) is 1.86. The number of hydrogen-bond acceptors (Lipinski definition) is 3. The minimum atomic E-state index is -0.481. The number of halogens is 1. The van der Waals surface area contributed by atoms with Gasteiger partial charge in [-0.25, -0.2) is 4.39 Å². The zero-order valence-electron chi connectivity index (χ0n) is 14.4. The molecule has 3 rings (SSSR count). The lowest BCUT2D eigenvalue weighted by molar-refractivity contribution is -0.123. The van der Waals surface area contributed by atoms with E-state index >= 15 is 0 Å². The van der Waals surface area contributed by atoms with Crippen molar-refractivity contribution in [2.45, 2.75) is 19.4 Å². The van der Waals surface area contributed by atoms with Gasteiger partial charge >= 0.3 is 0 Å². The molecule has 0 fully saturated rings. The van der Waals surface area contributed by atoms with Gasteiger partial charge in [0.15, 0.2) is 18.2 Å². The van der Waals surface area contributed by atoms with E-state index in [1.165, 1.54) is 17.7 Å². The Balaban J connectivity index is 1.71. The molecule has 5 heteroatoms. The monoisotopic (exact) mass is 369 g/mol. The standard InChI is InChI=1S/C21H20FNO2S/c1-2-15-9-11-16(12-10-15)21(19-8-5-13-26-19)23-20(24)14-25-18-7-4-3-6-17(18)22/h3-13,21H,2,14H2,1H3,(H,23,24)/t21-/m1/s1. The highest BCUT2D eigenvalue weighted by atomic mass is 32.1. The van der Waals surface area contributed by atoms with Crippen LogP contribution in [0.1, 0.15) is 29.0 Å². The first-order chi connectivity index (χ1) is 12.7. The smallest absolute Gasteiger partial charge is 0.258 e. The van der Waals surface area contributed by atoms with Gasteiger partial charge in [0.25, 0.3) is 5.91 Å². The maximum atomic E-state index is 13.6. The SMILES string of the molecule is CCc1ccc([C@@H](NC(=O)COc2ccccc2F)c2cccs2)cc1. The number of aryl methyl sites for hydroxylation is 1. The fourth-order valence-corrected chi connectivity index (χ4v) is 3.43. The van der Waals surface area contributed by atoms with Crippen molar-refractivity contribution in [3.8, 4) is 5.75 Å². The van der Waals surface area contributed by atoms with Crippen molar-refractivity contribution in [1.82, 2.24) is 5.32 Å². The second-order valence-electron chi connectivity index (χ2n) is 5.83. The summed E-state index contributed by atoms with van der Waals surface area (Å²) in [5.74, 6) is -0.709. The Morgan fingerprint density at radius 1 is 1.12 bits per heavy atom. The molecule has 0 saturated carbocycles. The molecule has 1 amide bonds. The van der Waals surface area contributed by atoms with Gasteiger partial charge in [-0.2, -0.15) is 0 Å². The fourth-order valence-electron chi connectivity index (χ4n) is 2.63. The molecule has 134 valence electrons. The molecule has 1 aromatic heterocycles. The zero-order chi connectivity index (χ0) is 18.4. The number of nitrogens with one attached hydrogen (secondary N) is 1. The quantitative estimate of drug-likeness (QED) is 0.654. The van der Waals surface area contributed by atoms with E-state index in [1.54, 1.807) is 23.5 Å². The van der Waals surface area contributed by atoms with E-state index in [1.807, 2.05) is 29.6 Å². The molecule has 0 bridgehead atoms. The molecule has 3 nitrogen and oxygen atoms in total. The highest BCUT2D eigenvalue weighted by Gasteiger charge is 2.18. The van der Waals surface area contributed by atoms with Crippen LogP contribution in [0.3, 0.4) is 0 Å². The second kappa shape index (κ2) is 8.63. The highest BCUT2D eigenvalue weighted by molar-refractivity contribution is 7.10. The average Bonchev–Trinajstić information content (AvgIpc) is 3.20. The Labute approximate surface area is 156 Å². The third-order valence-electron chi connectivity index (χ3n) is 4.05. The Kier molecular flexibility index (Phi) is 6.02. The Morgan fingerprint density at radius 3 is 2.54 bits per heavy atom. The predicted molar refractivity (Wildman–Crippen MR) is 102 cm³/mol. The first-order valence-corrected chi connectivity index (χ1v) is 9.34. The summed E-state index contributed by atoms with van der Waals surface area (Å²) in [5.41, 5.74) is 2.25. The number of ether oxygens (including phenoxy) is 1. The zero-order valence-corrected chi connectivity index (χ0v) is 15.3. The summed E-state index contributed by atoms with van der Waals surface area (Å²) in [6, 6.07) is 17.9. The minimum Gasteiger partial charge on any atom is -0.481 e. The fraction of sp³-hybridized carbons (Fsp3) is 0.190. The summed E-state index contributed by atoms with van der Waals surface area (Å²) in [7, 11) is 0. The van der Waals surface area contributed by atoms with E-state index in [4.69, 9.17) is 4.74 Å². The lowest BCUT2D eigenvalue weighted by Crippen LogP contribution is -2.33. The first kappa shape index (κ1) is 18.1. The number of amides is 1. The van der Waals surface area contributed by atoms with Crippen LogP contribution in [0.25, 0.3) is 0 Å². The van der Waals surface area contributed by atoms with Gasteiger partial charge in [0, 0.05) is 4.88 Å². The van der Waals surface area contributed by atoms with Crippen molar-refractivity contribution < 1.29 is 13.9 Å². The molecule has 1 N–H and O–H groups in total. The van der Waals surface area contributed by atoms with Crippen LogP contribution >= 0.6 is 11.3 Å². The number of para-hydroxylation sites is 1. The van der Waals surface area contributed by atoms with Gasteiger partial charge in [-0.3, -0.25) is 4.79 Å². The molecule has 1 heterocycles. The van der Waals surface area contributed by atoms with E-state index < -0.39 is 5.82 Å². The number of thiophene rings is 1. The van der Waals surface area contributed by atoms with Gasteiger partial charge in [0.2, 0.25) is 0 Å². The van der Waals surface area contributed by atoms with Crippen LogP contribution in [0.2, 0.25) is 0 Å². The van der Waals surface area contributed by atoms with E-state index in [-0.39, 0.29) is 24.3 Å². The van der Waals surface area contributed by atoms with Crippen molar-refractivity contribution >= 4 is 17.2 Å². The van der Waals surface area contributed by atoms with E-state index in [2.05, 4.69) is 24.4 Å². The van der Waals surface area contributed by atoms with Gasteiger partial charge in [-0.1, -0.05) is 49.4 Å². The number of rotatable bonds is 7. The Bertz CT molecular complexity index is 847. The minimum absolute atomic E-state index is 0.0719. The molecule has 0 saturated heterocycles. The summed E-state index contributed by atoms with van der Waals surface area (Å²) >= 11 is 1.58. The van der Waals surface area contributed by atoms with Crippen LogP contribution < -0.4 is 10.1 Å². The van der Waals surface area contributed by atoms with E-state index in [9.17, 15) is 9.18 Å². The topological polar surface area (TPSA) is 38.3 Å². The number of benzene rings is 2. The van der Waals surface area contributed by atoms with Crippen molar-refractivity contribution in [3.05, 3.63) is 87.9 Å². The lowest BCUT2D eigenvalue weighted by Gasteiger charge is -2.19. The normalized spacial score (nSPS) is 11.8. The summed E-state index contributed by atoms with van der Waals surface area (Å²) in [5, 5.41) is 4.96. The molecule has 3 aromatic rings. The Morgan fingerprint density at radius 2 is 1.88 bits per heavy atom. The molecule has 0 unspecified atom stereocenters. The predicted octanol–water partition coefficient (Wildman–Crippen LogP) is 4.73. The summed E-state index contributed by atoms with van der Waals surface area (Å²) in [6.07, 6.45) is 0.965. The van der Waals surface area contributed by atoms with Gasteiger partial charge in [0.05, 0.1) is 6.04 Å². The third-order valence-corrected chi connectivity index (χ3v) is 4.99. The first-order valence-electron chi connectivity index (χ1n) is 8.46. The number of carbonyl (C=O) groups excluding carboxylic acids is 1. The number of carbonyl (C=O) groups is 1. The van der Waals surface area contributed by atoms with E-state index in [0.29, 0.717) is 0 Å². The van der Waals surface area contributed by atoms with Crippen molar-refractivity contribution in [2.24, 2.45) is 0 Å². The maximum absolute atomic E-state index is 13.6. The van der Waals surface area contributed by atoms with Crippen LogP contribution in [-0.4, -0.2) is 12.5 Å². The molecule has 0 aliphatic carbocycles. The number of hydrogen-bond donors (Lipinski definition) is 1. The molecule has 0 spiro atoms. The molecule has 0 radical (unpaired) electrons. The van der Waals surface area contributed by atoms with Crippen molar-refractivity contribution in [2.75, 3.05) is 6.61 Å². The molecule has 1 atom stereocenters. The molecule has 26 heavy (non-hydrogen) atoms. The maximum Gasteiger partial charge on any atom is 0.258 e. The highest BCUT2D eigenvalue weighted by Crippen LogP contribution is 2.26. The van der Waals surface area contributed by atoms with Crippen LogP contribution in [0.15, 0.2) is 66.0 Å². The molecule has 2 aromatic carbocycles. The summed E-state index contributed by atoms with van der Waals surface area (Å²) in [4.78, 5) is 13.4. The van der Waals surface area contributed by atoms with Crippen molar-refractivity contribution in [3.63, 3.8) is 0 Å². The van der Waals surface area contributed by atoms with Gasteiger partial charge < -0.3 is 10.1 Å². The largest absolute Gasteiger partial charge is 0.481 e. The lowest BCUT2D eigenvalue weighted by atomic mass is 10.0. The van der Waals surface area contributed by atoms with Crippen LogP contribution in [0.4, 0.5) is 4.39 Å². The second-order valence-corrected chi connectivity index (χ2v) is 6.81. The van der Waals surface area contributed by atoms with Crippen LogP contribution in [-0.2, 0) is 11.2 Å². The Hall–Kier alpha value is -2.66. The van der Waals surface area contributed by atoms with E-state index in [0.717, 1.165) is 16.9 Å². The van der Waals surface area contributed by atoms with Crippen LogP contribution in [0, 0.1) is 5.82 Å². The van der Waals surface area contributed by atoms with Crippen LogP contribution in [0.5, 0.6) is 5.75 Å². The average molecular weight is 369 g/mol. The molecular weight excluding hydrogens is 349 g/mol. The van der Waals surface area contributed by atoms with Crippen molar-refractivity contribution in [1.29, 1.82) is 0 Å². The molecule has 0 aliphatic rings. The third kappa shape index (κ3) is 4.49.